The van der Waals surface area contributed by atoms with Gasteiger partial charge >= 0.3 is 0 Å². The summed E-state index contributed by atoms with van der Waals surface area (Å²) in [5, 5.41) is 18.4. The molecular weight excluding hydrogens is 456 g/mol. The van der Waals surface area contributed by atoms with Gasteiger partial charge in [-0.15, -0.1) is 0 Å². The highest BCUT2D eigenvalue weighted by atomic mass is 16.5. The van der Waals surface area contributed by atoms with Gasteiger partial charge in [0.1, 0.15) is 11.4 Å². The molecule has 8 heteroatoms. The second-order valence-electron chi connectivity index (χ2n) is 10.3. The Hall–Kier alpha value is -3.65. The Morgan fingerprint density at radius 1 is 1.00 bits per heavy atom. The molecule has 2 amide bonds. The van der Waals surface area contributed by atoms with Gasteiger partial charge in [0.2, 0.25) is 5.91 Å². The molecule has 1 saturated carbocycles. The van der Waals surface area contributed by atoms with Gasteiger partial charge in [-0.2, -0.15) is 5.10 Å². The van der Waals surface area contributed by atoms with Crippen LogP contribution in [0.2, 0.25) is 0 Å². The molecule has 2 fully saturated rings. The van der Waals surface area contributed by atoms with Gasteiger partial charge in [-0.05, 0) is 67.1 Å². The van der Waals surface area contributed by atoms with Gasteiger partial charge in [-0.3, -0.25) is 14.7 Å². The van der Waals surface area contributed by atoms with Crippen molar-refractivity contribution in [3.05, 3.63) is 70.5 Å². The number of aliphatic hydroxyl groups is 1. The molecular formula is C28H28N4O4. The van der Waals surface area contributed by atoms with Gasteiger partial charge in [0.05, 0.1) is 12.3 Å². The Morgan fingerprint density at radius 3 is 2.53 bits per heavy atom. The predicted octanol–water partition coefficient (Wildman–Crippen LogP) is 3.64. The van der Waals surface area contributed by atoms with Crippen molar-refractivity contribution in [2.24, 2.45) is 0 Å². The van der Waals surface area contributed by atoms with Crippen molar-refractivity contribution in [2.75, 3.05) is 29.5 Å². The Bertz CT molecular complexity index is 1370. The van der Waals surface area contributed by atoms with Gasteiger partial charge in [-0.1, -0.05) is 12.1 Å². The molecule has 4 aliphatic rings. The zero-order valence-electron chi connectivity index (χ0n) is 20.0. The summed E-state index contributed by atoms with van der Waals surface area (Å²) < 4.78 is 5.71. The molecule has 7 rings (SSSR count). The number of aromatic nitrogens is 2. The summed E-state index contributed by atoms with van der Waals surface area (Å²) in [4.78, 5) is 29.6. The second-order valence-corrected chi connectivity index (χ2v) is 10.3. The first kappa shape index (κ1) is 21.6. The molecule has 184 valence electrons. The number of ether oxygens (including phenoxy) is 1. The summed E-state index contributed by atoms with van der Waals surface area (Å²) in [6, 6.07) is 13.9. The van der Waals surface area contributed by atoms with Crippen LogP contribution in [-0.4, -0.2) is 46.8 Å². The lowest BCUT2D eigenvalue weighted by molar-refractivity contribution is -0.119. The number of H-pyrrole nitrogens is 1. The lowest BCUT2D eigenvalue weighted by Crippen LogP contribution is -2.41. The van der Waals surface area contributed by atoms with Crippen molar-refractivity contribution >= 4 is 23.2 Å². The standard InChI is InChI=1S/C28H28N4O4/c33-23-3-1-2-13-31(23)19-5-7-20(8-6-19)32-16-21(17-4-9-22-18(15-17)10-14-36-22)24-25(27(32)34)29-30-26(24)28(35)11-12-28/h4-9,15,21,35H,1-3,10-14,16H2,(H,29,30). The van der Waals surface area contributed by atoms with Crippen molar-refractivity contribution in [1.29, 1.82) is 0 Å². The van der Waals surface area contributed by atoms with Crippen molar-refractivity contribution in [3.8, 4) is 5.75 Å². The number of carbonyl (C=O) groups is 2. The number of carbonyl (C=O) groups excluding carboxylic acids is 2. The fraction of sp³-hybridized carbons (Fsp3) is 0.393. The van der Waals surface area contributed by atoms with E-state index in [0.717, 1.165) is 54.1 Å². The molecule has 1 unspecified atom stereocenters. The predicted molar refractivity (Wildman–Crippen MR) is 134 cm³/mol. The van der Waals surface area contributed by atoms with E-state index in [-0.39, 0.29) is 17.7 Å². The first-order valence-electron chi connectivity index (χ1n) is 12.8. The number of piperidine rings is 1. The number of amides is 2. The van der Waals surface area contributed by atoms with E-state index in [1.807, 2.05) is 35.2 Å². The van der Waals surface area contributed by atoms with Gasteiger partial charge in [-0.25, -0.2) is 0 Å². The number of fused-ring (bicyclic) bond motifs is 2. The summed E-state index contributed by atoms with van der Waals surface area (Å²) in [6.45, 7) is 1.85. The Kier molecular flexibility index (Phi) is 4.76. The van der Waals surface area contributed by atoms with Gasteiger partial charge in [0.25, 0.3) is 5.91 Å². The third kappa shape index (κ3) is 3.35. The van der Waals surface area contributed by atoms with Crippen molar-refractivity contribution in [2.45, 2.75) is 50.0 Å². The summed E-state index contributed by atoms with van der Waals surface area (Å²) in [6.07, 6.45) is 4.72. The summed E-state index contributed by atoms with van der Waals surface area (Å²) in [5.41, 5.74) is 4.81. The number of hydrogen-bond donors (Lipinski definition) is 2. The third-order valence-electron chi connectivity index (χ3n) is 8.07. The molecule has 8 nitrogen and oxygen atoms in total. The smallest absolute Gasteiger partial charge is 0.279 e. The maximum atomic E-state index is 13.7. The quantitative estimate of drug-likeness (QED) is 0.589. The minimum atomic E-state index is -0.927. The summed E-state index contributed by atoms with van der Waals surface area (Å²) in [7, 11) is 0. The molecule has 2 N–H and O–H groups in total. The van der Waals surface area contributed by atoms with E-state index < -0.39 is 5.60 Å². The van der Waals surface area contributed by atoms with Crippen molar-refractivity contribution in [1.82, 2.24) is 10.2 Å². The first-order valence-corrected chi connectivity index (χ1v) is 12.8. The van der Waals surface area contributed by atoms with Crippen LogP contribution in [0.5, 0.6) is 5.75 Å². The highest BCUT2D eigenvalue weighted by Crippen LogP contribution is 2.50. The largest absolute Gasteiger partial charge is 0.493 e. The molecule has 1 aromatic heterocycles. The molecule has 3 aliphatic heterocycles. The first-order chi connectivity index (χ1) is 17.5. The highest BCUT2D eigenvalue weighted by molar-refractivity contribution is 6.08. The van der Waals surface area contributed by atoms with E-state index in [1.165, 1.54) is 5.56 Å². The monoisotopic (exact) mass is 484 g/mol. The fourth-order valence-electron chi connectivity index (χ4n) is 5.87. The molecule has 1 aliphatic carbocycles. The van der Waals surface area contributed by atoms with Crippen LogP contribution in [0.1, 0.15) is 70.9 Å². The molecule has 0 bridgehead atoms. The Morgan fingerprint density at radius 2 is 1.78 bits per heavy atom. The van der Waals surface area contributed by atoms with Crippen LogP contribution >= 0.6 is 0 Å². The molecule has 2 aromatic carbocycles. The average Bonchev–Trinajstić information content (AvgIpc) is 3.29. The lowest BCUT2D eigenvalue weighted by atomic mass is 9.83. The number of benzene rings is 2. The van der Waals surface area contributed by atoms with E-state index in [1.54, 1.807) is 4.90 Å². The van der Waals surface area contributed by atoms with Gasteiger partial charge < -0.3 is 19.6 Å². The minimum Gasteiger partial charge on any atom is -0.493 e. The van der Waals surface area contributed by atoms with Crippen LogP contribution in [0.4, 0.5) is 11.4 Å². The van der Waals surface area contributed by atoms with Gasteiger partial charge in [0, 0.05) is 48.8 Å². The maximum absolute atomic E-state index is 13.7. The molecule has 0 radical (unpaired) electrons. The Balaban J connectivity index is 1.27. The molecule has 4 heterocycles. The zero-order valence-corrected chi connectivity index (χ0v) is 20.0. The van der Waals surface area contributed by atoms with Crippen molar-refractivity contribution < 1.29 is 19.4 Å². The van der Waals surface area contributed by atoms with Crippen molar-refractivity contribution in [3.63, 3.8) is 0 Å². The van der Waals surface area contributed by atoms with E-state index in [0.29, 0.717) is 43.8 Å². The second kappa shape index (κ2) is 7.93. The van der Waals surface area contributed by atoms with E-state index in [2.05, 4.69) is 22.3 Å². The molecule has 36 heavy (non-hydrogen) atoms. The van der Waals surface area contributed by atoms with E-state index in [4.69, 9.17) is 4.74 Å². The summed E-state index contributed by atoms with van der Waals surface area (Å²) in [5.74, 6) is 0.749. The average molecular weight is 485 g/mol. The molecule has 1 saturated heterocycles. The highest BCUT2D eigenvalue weighted by Gasteiger charge is 2.49. The van der Waals surface area contributed by atoms with E-state index >= 15 is 0 Å². The lowest BCUT2D eigenvalue weighted by Gasteiger charge is -2.34. The van der Waals surface area contributed by atoms with Crippen LogP contribution < -0.4 is 14.5 Å². The topological polar surface area (TPSA) is 98.8 Å². The third-order valence-corrected chi connectivity index (χ3v) is 8.07. The normalized spacial score (nSPS) is 22.3. The van der Waals surface area contributed by atoms with E-state index in [9.17, 15) is 14.7 Å². The summed E-state index contributed by atoms with van der Waals surface area (Å²) >= 11 is 0. The van der Waals surface area contributed by atoms with Crippen LogP contribution in [0.3, 0.4) is 0 Å². The minimum absolute atomic E-state index is 0.134. The number of aromatic amines is 1. The number of rotatable bonds is 4. The fourth-order valence-corrected chi connectivity index (χ4v) is 5.87. The molecule has 1 atom stereocenters. The number of nitrogens with zero attached hydrogens (tertiary/aromatic N) is 3. The maximum Gasteiger partial charge on any atom is 0.279 e. The number of hydrogen-bond acceptors (Lipinski definition) is 5. The molecule has 0 spiro atoms. The SMILES string of the molecule is O=C1CCCCN1c1ccc(N2CC(c3ccc4c(c3)CCO4)c3c(n[nH]c3C3(O)CC3)C2=O)cc1. The van der Waals surface area contributed by atoms with Crippen LogP contribution in [0, 0.1) is 0 Å². The van der Waals surface area contributed by atoms with Crippen LogP contribution in [0.15, 0.2) is 42.5 Å². The van der Waals surface area contributed by atoms with Gasteiger partial charge in [0.15, 0.2) is 5.69 Å². The Labute approximate surface area is 208 Å². The number of nitrogens with one attached hydrogen (secondary N) is 1. The van der Waals surface area contributed by atoms with Crippen LogP contribution in [-0.2, 0) is 16.8 Å². The number of anilines is 2. The zero-order chi connectivity index (χ0) is 24.4. The molecule has 3 aromatic rings. The van der Waals surface area contributed by atoms with Crippen LogP contribution in [0.25, 0.3) is 0 Å².